The van der Waals surface area contributed by atoms with Crippen LogP contribution in [0.2, 0.25) is 5.02 Å². The topological polar surface area (TPSA) is 60.7 Å². The summed E-state index contributed by atoms with van der Waals surface area (Å²) in [6, 6.07) is 12.6. The van der Waals surface area contributed by atoms with Gasteiger partial charge < -0.3 is 4.74 Å². The van der Waals surface area contributed by atoms with Crippen molar-refractivity contribution in [1.29, 1.82) is 0 Å². The van der Waals surface area contributed by atoms with Crippen LogP contribution in [0.25, 0.3) is 5.65 Å². The van der Waals surface area contributed by atoms with Gasteiger partial charge in [-0.3, -0.25) is 14.0 Å². The molecule has 0 fully saturated rings. The molecule has 26 heavy (non-hydrogen) atoms. The number of benzene rings is 1. The smallest absolute Gasteiger partial charge is 0.306 e. The Balaban J connectivity index is 1.52. The SMILES string of the molecule is Cc1ccc2nc(COC(=O)CCCc3ccc(Cl)cc3)cc(=O)n2c1. The first kappa shape index (κ1) is 18.1. The third kappa shape index (κ3) is 4.70. The maximum absolute atomic E-state index is 12.1. The Kier molecular flexibility index (Phi) is 5.68. The van der Waals surface area contributed by atoms with Gasteiger partial charge in [-0.15, -0.1) is 0 Å². The molecule has 0 aliphatic heterocycles. The third-order valence-corrected chi connectivity index (χ3v) is 4.25. The Bertz CT molecular complexity index is 981. The van der Waals surface area contributed by atoms with Gasteiger partial charge in [0.15, 0.2) is 0 Å². The number of aromatic nitrogens is 2. The number of aryl methyl sites for hydroxylation is 2. The monoisotopic (exact) mass is 370 g/mol. The van der Waals surface area contributed by atoms with Crippen LogP contribution >= 0.6 is 11.6 Å². The molecule has 2 aromatic heterocycles. The second kappa shape index (κ2) is 8.15. The van der Waals surface area contributed by atoms with Crippen LogP contribution < -0.4 is 5.56 Å². The molecule has 0 unspecified atom stereocenters. The first-order valence-corrected chi connectivity index (χ1v) is 8.78. The summed E-state index contributed by atoms with van der Waals surface area (Å²) < 4.78 is 6.72. The molecule has 1 aromatic carbocycles. The van der Waals surface area contributed by atoms with Crippen LogP contribution in [0.4, 0.5) is 0 Å². The molecule has 3 aromatic rings. The number of hydrogen-bond acceptors (Lipinski definition) is 4. The van der Waals surface area contributed by atoms with Crippen molar-refractivity contribution in [3.8, 4) is 0 Å². The highest BCUT2D eigenvalue weighted by Crippen LogP contribution is 2.12. The van der Waals surface area contributed by atoms with Crippen LogP contribution in [0.1, 0.15) is 29.7 Å². The van der Waals surface area contributed by atoms with Crippen molar-refractivity contribution < 1.29 is 9.53 Å². The molecule has 0 saturated carbocycles. The van der Waals surface area contributed by atoms with Gasteiger partial charge >= 0.3 is 5.97 Å². The van der Waals surface area contributed by atoms with Gasteiger partial charge in [0.2, 0.25) is 0 Å². The molecule has 5 nitrogen and oxygen atoms in total. The van der Waals surface area contributed by atoms with E-state index >= 15 is 0 Å². The number of carbonyl (C=O) groups is 1. The first-order chi connectivity index (χ1) is 12.5. The van der Waals surface area contributed by atoms with Gasteiger partial charge in [-0.25, -0.2) is 4.98 Å². The highest BCUT2D eigenvalue weighted by molar-refractivity contribution is 6.30. The Hall–Kier alpha value is -2.66. The zero-order valence-electron chi connectivity index (χ0n) is 14.4. The Morgan fingerprint density at radius 3 is 2.73 bits per heavy atom. The van der Waals surface area contributed by atoms with Gasteiger partial charge in [0.1, 0.15) is 12.3 Å². The van der Waals surface area contributed by atoms with E-state index in [0.29, 0.717) is 29.2 Å². The zero-order chi connectivity index (χ0) is 18.5. The highest BCUT2D eigenvalue weighted by atomic mass is 35.5. The van der Waals surface area contributed by atoms with E-state index in [4.69, 9.17) is 16.3 Å². The van der Waals surface area contributed by atoms with E-state index in [1.165, 1.54) is 10.5 Å². The van der Waals surface area contributed by atoms with Crippen molar-refractivity contribution >= 4 is 23.2 Å². The van der Waals surface area contributed by atoms with Crippen molar-refractivity contribution in [3.05, 3.63) is 80.9 Å². The number of carbonyl (C=O) groups excluding carboxylic acids is 1. The van der Waals surface area contributed by atoms with E-state index in [1.807, 2.05) is 37.3 Å². The van der Waals surface area contributed by atoms with Crippen LogP contribution in [0.3, 0.4) is 0 Å². The molecular weight excluding hydrogens is 352 g/mol. The Labute approximate surface area is 156 Å². The molecular formula is C20H19ClN2O3. The zero-order valence-corrected chi connectivity index (χ0v) is 15.2. The van der Waals surface area contributed by atoms with Crippen LogP contribution in [0, 0.1) is 6.92 Å². The van der Waals surface area contributed by atoms with Crippen LogP contribution in [0.15, 0.2) is 53.5 Å². The van der Waals surface area contributed by atoms with E-state index in [2.05, 4.69) is 4.98 Å². The molecule has 0 bridgehead atoms. The number of pyridine rings is 1. The molecule has 3 rings (SSSR count). The number of nitrogens with zero attached hydrogens (tertiary/aromatic N) is 2. The fourth-order valence-electron chi connectivity index (χ4n) is 2.65. The van der Waals surface area contributed by atoms with E-state index in [-0.39, 0.29) is 18.1 Å². The lowest BCUT2D eigenvalue weighted by molar-refractivity contribution is -0.145. The number of ether oxygens (including phenoxy) is 1. The third-order valence-electron chi connectivity index (χ3n) is 4.00. The number of rotatable bonds is 6. The number of fused-ring (bicyclic) bond motifs is 1. The summed E-state index contributed by atoms with van der Waals surface area (Å²) in [6.07, 6.45) is 3.51. The minimum atomic E-state index is -0.301. The minimum Gasteiger partial charge on any atom is -0.459 e. The predicted molar refractivity (Wildman–Crippen MR) is 100 cm³/mol. The van der Waals surface area contributed by atoms with E-state index in [1.54, 1.807) is 12.3 Å². The molecule has 134 valence electrons. The maximum atomic E-state index is 12.1. The molecule has 6 heteroatoms. The number of hydrogen-bond donors (Lipinski definition) is 0. The van der Waals surface area contributed by atoms with Gasteiger partial charge in [-0.05, 0) is 49.1 Å². The molecule has 0 radical (unpaired) electrons. The quantitative estimate of drug-likeness (QED) is 0.620. The van der Waals surface area contributed by atoms with E-state index < -0.39 is 0 Å². The fourth-order valence-corrected chi connectivity index (χ4v) is 2.77. The summed E-state index contributed by atoms with van der Waals surface area (Å²) in [5.74, 6) is -0.301. The summed E-state index contributed by atoms with van der Waals surface area (Å²) in [4.78, 5) is 28.4. The first-order valence-electron chi connectivity index (χ1n) is 8.40. The van der Waals surface area contributed by atoms with Crippen molar-refractivity contribution in [2.75, 3.05) is 0 Å². The predicted octanol–water partition coefficient (Wildman–Crippen LogP) is 3.72. The van der Waals surface area contributed by atoms with Gasteiger partial charge in [0, 0.05) is 23.7 Å². The maximum Gasteiger partial charge on any atom is 0.306 e. The lowest BCUT2D eigenvalue weighted by Crippen LogP contribution is -2.16. The second-order valence-electron chi connectivity index (χ2n) is 6.16. The minimum absolute atomic E-state index is 0.000601. The Morgan fingerprint density at radius 1 is 1.19 bits per heavy atom. The van der Waals surface area contributed by atoms with Crippen molar-refractivity contribution in [2.24, 2.45) is 0 Å². The average molecular weight is 371 g/mol. The van der Waals surface area contributed by atoms with Crippen LogP contribution in [-0.4, -0.2) is 15.4 Å². The molecule has 0 aliphatic rings. The summed E-state index contributed by atoms with van der Waals surface area (Å²) >= 11 is 5.85. The summed E-state index contributed by atoms with van der Waals surface area (Å²) in [5.41, 5.74) is 2.90. The van der Waals surface area contributed by atoms with Crippen molar-refractivity contribution in [2.45, 2.75) is 32.8 Å². The van der Waals surface area contributed by atoms with Crippen molar-refractivity contribution in [1.82, 2.24) is 9.38 Å². The van der Waals surface area contributed by atoms with Gasteiger partial charge in [0.25, 0.3) is 5.56 Å². The molecule has 2 heterocycles. The summed E-state index contributed by atoms with van der Waals surface area (Å²) in [6.45, 7) is 1.91. The molecule has 0 N–H and O–H groups in total. The molecule has 0 atom stereocenters. The average Bonchev–Trinajstić information content (AvgIpc) is 2.62. The number of halogens is 1. The number of esters is 1. The fraction of sp³-hybridized carbons (Fsp3) is 0.250. The normalized spacial score (nSPS) is 10.8. The molecule has 0 aliphatic carbocycles. The lowest BCUT2D eigenvalue weighted by atomic mass is 10.1. The Morgan fingerprint density at radius 2 is 1.96 bits per heavy atom. The van der Waals surface area contributed by atoms with Gasteiger partial charge in [-0.1, -0.05) is 29.8 Å². The molecule has 0 saturated heterocycles. The standard InChI is InChI=1S/C20H19ClN2O3/c1-14-5-10-18-22-17(11-19(24)23(18)12-14)13-26-20(25)4-2-3-15-6-8-16(21)9-7-15/h5-12H,2-4,13H2,1H3. The second-order valence-corrected chi connectivity index (χ2v) is 6.60. The van der Waals surface area contributed by atoms with Crippen LogP contribution in [-0.2, 0) is 22.6 Å². The largest absolute Gasteiger partial charge is 0.459 e. The van der Waals surface area contributed by atoms with Gasteiger partial charge in [0.05, 0.1) is 5.69 Å². The molecule has 0 spiro atoms. The van der Waals surface area contributed by atoms with Crippen molar-refractivity contribution in [3.63, 3.8) is 0 Å². The van der Waals surface area contributed by atoms with Crippen LogP contribution in [0.5, 0.6) is 0 Å². The van der Waals surface area contributed by atoms with E-state index in [9.17, 15) is 9.59 Å². The van der Waals surface area contributed by atoms with E-state index in [0.717, 1.165) is 17.5 Å². The van der Waals surface area contributed by atoms with Gasteiger partial charge in [-0.2, -0.15) is 0 Å². The lowest BCUT2D eigenvalue weighted by Gasteiger charge is -2.07. The summed E-state index contributed by atoms with van der Waals surface area (Å²) in [7, 11) is 0. The molecule has 0 amide bonds. The highest BCUT2D eigenvalue weighted by Gasteiger charge is 2.07. The summed E-state index contributed by atoms with van der Waals surface area (Å²) in [5, 5.41) is 0.696.